The van der Waals surface area contributed by atoms with Gasteiger partial charge in [0, 0.05) is 13.1 Å². The second kappa shape index (κ2) is 6.36. The number of amides is 2. The van der Waals surface area contributed by atoms with Crippen molar-refractivity contribution in [3.8, 4) is 0 Å². The molecule has 3 N–H and O–H groups in total. The van der Waals surface area contributed by atoms with Gasteiger partial charge in [-0.3, -0.25) is 14.4 Å². The maximum Gasteiger partial charge on any atom is 0.254 e. The van der Waals surface area contributed by atoms with Crippen LogP contribution in [0, 0.1) is 11.8 Å². The Balaban J connectivity index is 1.63. The van der Waals surface area contributed by atoms with E-state index in [1.165, 1.54) is 0 Å². The van der Waals surface area contributed by atoms with E-state index >= 15 is 0 Å². The van der Waals surface area contributed by atoms with Crippen LogP contribution in [0.3, 0.4) is 0 Å². The molecular formula is C18H23N3O3. The van der Waals surface area contributed by atoms with Crippen molar-refractivity contribution < 1.29 is 14.4 Å². The number of Topliss-reactive ketones (excluding diaryl/α,β-unsaturated/α-hetero) is 1. The van der Waals surface area contributed by atoms with Crippen LogP contribution in [0.2, 0.25) is 0 Å². The van der Waals surface area contributed by atoms with Gasteiger partial charge in [0.15, 0.2) is 11.3 Å². The van der Waals surface area contributed by atoms with Crippen LogP contribution < -0.4 is 16.0 Å². The zero-order valence-corrected chi connectivity index (χ0v) is 14.0. The minimum Gasteiger partial charge on any atom is -0.343 e. The number of nitrogens with one attached hydrogen (secondary N) is 3. The zero-order chi connectivity index (χ0) is 17.3. The molecule has 1 aromatic rings. The standard InChI is InChI=1S/C18H23N3O3/c1-11(2)14-15(22)18(17(24)20-14)8-13(16(23)21-18)10-19-9-12-6-4-3-5-7-12/h3-7,11,13-14,19H,8-10H2,1-2H3,(H,20,24)(H,21,23)/t13-,14+,18+/m1/s1. The van der Waals surface area contributed by atoms with Crippen LogP contribution in [-0.2, 0) is 20.9 Å². The fourth-order valence-electron chi connectivity index (χ4n) is 3.47. The van der Waals surface area contributed by atoms with Gasteiger partial charge in [0.1, 0.15) is 0 Å². The molecule has 0 aromatic heterocycles. The third kappa shape index (κ3) is 2.82. The van der Waals surface area contributed by atoms with Crippen molar-refractivity contribution in [3.63, 3.8) is 0 Å². The Labute approximate surface area is 141 Å². The van der Waals surface area contributed by atoms with E-state index in [1.54, 1.807) is 0 Å². The predicted molar refractivity (Wildman–Crippen MR) is 88.9 cm³/mol. The summed E-state index contributed by atoms with van der Waals surface area (Å²) >= 11 is 0. The molecule has 2 fully saturated rings. The molecule has 1 aromatic carbocycles. The van der Waals surface area contributed by atoms with Crippen molar-refractivity contribution in [2.75, 3.05) is 6.54 Å². The van der Waals surface area contributed by atoms with Crippen molar-refractivity contribution in [3.05, 3.63) is 35.9 Å². The summed E-state index contributed by atoms with van der Waals surface area (Å²) in [5.41, 5.74) is -0.245. The number of hydrogen-bond donors (Lipinski definition) is 3. The van der Waals surface area contributed by atoms with Gasteiger partial charge in [0.05, 0.1) is 12.0 Å². The summed E-state index contributed by atoms with van der Waals surface area (Å²) in [4.78, 5) is 37.3. The molecule has 2 aliphatic heterocycles. The SMILES string of the molecule is CC(C)[C@@H]1NC(=O)[C@]2(C[C@H](CNCc3ccccc3)C(=O)N2)C1=O. The van der Waals surface area contributed by atoms with Crippen molar-refractivity contribution in [1.29, 1.82) is 0 Å². The molecule has 128 valence electrons. The number of carbonyl (C=O) groups excluding carboxylic acids is 3. The van der Waals surface area contributed by atoms with E-state index in [-0.39, 0.29) is 35.9 Å². The number of rotatable bonds is 5. The Bertz CT molecular complexity index is 659. The lowest BCUT2D eigenvalue weighted by molar-refractivity contribution is -0.133. The summed E-state index contributed by atoms with van der Waals surface area (Å²) in [5, 5.41) is 8.65. The highest BCUT2D eigenvalue weighted by Gasteiger charge is 2.61. The molecule has 2 aliphatic rings. The molecule has 24 heavy (non-hydrogen) atoms. The molecule has 3 atom stereocenters. The summed E-state index contributed by atoms with van der Waals surface area (Å²) in [5.74, 6) is -1.18. The van der Waals surface area contributed by atoms with Gasteiger partial charge in [-0.15, -0.1) is 0 Å². The van der Waals surface area contributed by atoms with Crippen LogP contribution >= 0.6 is 0 Å². The van der Waals surface area contributed by atoms with E-state index in [2.05, 4.69) is 16.0 Å². The van der Waals surface area contributed by atoms with Crippen LogP contribution in [0.1, 0.15) is 25.8 Å². The van der Waals surface area contributed by atoms with Gasteiger partial charge < -0.3 is 16.0 Å². The fourth-order valence-corrected chi connectivity index (χ4v) is 3.47. The van der Waals surface area contributed by atoms with E-state index in [4.69, 9.17) is 0 Å². The van der Waals surface area contributed by atoms with Crippen LogP contribution in [0.4, 0.5) is 0 Å². The van der Waals surface area contributed by atoms with E-state index in [0.29, 0.717) is 13.1 Å². The van der Waals surface area contributed by atoms with E-state index in [1.807, 2.05) is 44.2 Å². The monoisotopic (exact) mass is 329 g/mol. The van der Waals surface area contributed by atoms with Crippen LogP contribution in [0.15, 0.2) is 30.3 Å². The Morgan fingerprint density at radius 3 is 2.54 bits per heavy atom. The van der Waals surface area contributed by atoms with Crippen molar-refractivity contribution >= 4 is 17.6 Å². The highest BCUT2D eigenvalue weighted by molar-refractivity contribution is 6.21. The highest BCUT2D eigenvalue weighted by Crippen LogP contribution is 2.32. The second-order valence-electron chi connectivity index (χ2n) is 6.97. The summed E-state index contributed by atoms with van der Waals surface area (Å²) in [7, 11) is 0. The maximum atomic E-state index is 12.6. The maximum absolute atomic E-state index is 12.6. The number of benzene rings is 1. The van der Waals surface area contributed by atoms with Crippen molar-refractivity contribution in [1.82, 2.24) is 16.0 Å². The van der Waals surface area contributed by atoms with Crippen molar-refractivity contribution in [2.45, 2.75) is 38.4 Å². The van der Waals surface area contributed by atoms with Gasteiger partial charge in [-0.25, -0.2) is 0 Å². The van der Waals surface area contributed by atoms with Gasteiger partial charge in [0.25, 0.3) is 5.91 Å². The molecule has 3 rings (SSSR count). The number of carbonyl (C=O) groups is 3. The van der Waals surface area contributed by atoms with Crippen LogP contribution in [0.5, 0.6) is 0 Å². The van der Waals surface area contributed by atoms with Gasteiger partial charge in [0.2, 0.25) is 5.91 Å². The highest BCUT2D eigenvalue weighted by atomic mass is 16.2. The quantitative estimate of drug-likeness (QED) is 0.682. The molecular weight excluding hydrogens is 306 g/mol. The Morgan fingerprint density at radius 1 is 1.21 bits per heavy atom. The third-order valence-corrected chi connectivity index (χ3v) is 4.87. The lowest BCUT2D eigenvalue weighted by Crippen LogP contribution is -2.52. The predicted octanol–water partition coefficient (Wildman–Crippen LogP) is 0.375. The molecule has 0 radical (unpaired) electrons. The lowest BCUT2D eigenvalue weighted by atomic mass is 9.86. The molecule has 6 nitrogen and oxygen atoms in total. The normalized spacial score (nSPS) is 29.4. The van der Waals surface area contributed by atoms with Gasteiger partial charge >= 0.3 is 0 Å². The first-order valence-electron chi connectivity index (χ1n) is 8.36. The van der Waals surface area contributed by atoms with Crippen LogP contribution in [0.25, 0.3) is 0 Å². The average molecular weight is 329 g/mol. The topological polar surface area (TPSA) is 87.3 Å². The molecule has 2 amide bonds. The second-order valence-corrected chi connectivity index (χ2v) is 6.97. The fraction of sp³-hybridized carbons (Fsp3) is 0.500. The minimum atomic E-state index is -1.37. The lowest BCUT2D eigenvalue weighted by Gasteiger charge is -2.19. The van der Waals surface area contributed by atoms with E-state index in [9.17, 15) is 14.4 Å². The Morgan fingerprint density at radius 2 is 1.92 bits per heavy atom. The first kappa shape index (κ1) is 16.6. The average Bonchev–Trinajstić information content (AvgIpc) is 3.01. The van der Waals surface area contributed by atoms with Gasteiger partial charge in [-0.1, -0.05) is 44.2 Å². The summed E-state index contributed by atoms with van der Waals surface area (Å²) in [6.07, 6.45) is 0.224. The minimum absolute atomic E-state index is 0.00739. The molecule has 0 unspecified atom stereocenters. The summed E-state index contributed by atoms with van der Waals surface area (Å²) in [6, 6.07) is 9.36. The molecule has 2 saturated heterocycles. The zero-order valence-electron chi connectivity index (χ0n) is 14.0. The first-order chi connectivity index (χ1) is 11.4. The summed E-state index contributed by atoms with van der Waals surface area (Å²) in [6.45, 7) is 4.86. The van der Waals surface area contributed by atoms with Gasteiger partial charge in [-0.05, 0) is 17.9 Å². The Hall–Kier alpha value is -2.21. The molecule has 0 aliphatic carbocycles. The molecule has 0 bridgehead atoms. The number of ketones is 1. The summed E-state index contributed by atoms with van der Waals surface area (Å²) < 4.78 is 0. The third-order valence-electron chi connectivity index (χ3n) is 4.87. The Kier molecular flexibility index (Phi) is 4.41. The van der Waals surface area contributed by atoms with E-state index in [0.717, 1.165) is 5.56 Å². The van der Waals surface area contributed by atoms with Gasteiger partial charge in [-0.2, -0.15) is 0 Å². The molecule has 1 spiro atoms. The molecule has 0 saturated carbocycles. The first-order valence-corrected chi connectivity index (χ1v) is 8.36. The largest absolute Gasteiger partial charge is 0.343 e. The van der Waals surface area contributed by atoms with Crippen molar-refractivity contribution in [2.24, 2.45) is 11.8 Å². The van der Waals surface area contributed by atoms with E-state index < -0.39 is 11.6 Å². The van der Waals surface area contributed by atoms with Crippen LogP contribution in [-0.4, -0.2) is 35.7 Å². The smallest absolute Gasteiger partial charge is 0.254 e. The molecule has 6 heteroatoms. The number of hydrogen-bond acceptors (Lipinski definition) is 4. The molecule has 2 heterocycles.